The fourth-order valence-corrected chi connectivity index (χ4v) is 3.96. The molecule has 6 nitrogen and oxygen atoms in total. The molecule has 0 unspecified atom stereocenters. The van der Waals surface area contributed by atoms with Crippen molar-refractivity contribution in [2.45, 2.75) is 24.3 Å². The number of hydrogen-bond donors (Lipinski definition) is 2. The van der Waals surface area contributed by atoms with Gasteiger partial charge in [0.15, 0.2) is 0 Å². The van der Waals surface area contributed by atoms with E-state index in [9.17, 15) is 18.3 Å². The lowest BCUT2D eigenvalue weighted by molar-refractivity contribution is -0.0426. The van der Waals surface area contributed by atoms with Crippen molar-refractivity contribution in [3.05, 3.63) is 29.3 Å². The lowest BCUT2D eigenvalue weighted by Crippen LogP contribution is -2.61. The normalized spacial score (nSPS) is 18.9. The molecule has 0 bridgehead atoms. The molecule has 0 aliphatic carbocycles. The second-order valence-corrected chi connectivity index (χ2v) is 6.96. The predicted molar refractivity (Wildman–Crippen MR) is 67.5 cm³/mol. The molecule has 104 valence electrons. The summed E-state index contributed by atoms with van der Waals surface area (Å²) in [6.45, 7) is 3.20. The van der Waals surface area contributed by atoms with Gasteiger partial charge in [-0.25, -0.2) is 13.2 Å². The van der Waals surface area contributed by atoms with Gasteiger partial charge >= 0.3 is 5.97 Å². The summed E-state index contributed by atoms with van der Waals surface area (Å²) in [4.78, 5) is 10.9. The first-order valence-electron chi connectivity index (χ1n) is 5.70. The average molecular weight is 285 g/mol. The van der Waals surface area contributed by atoms with E-state index in [4.69, 9.17) is 5.11 Å². The summed E-state index contributed by atoms with van der Waals surface area (Å²) in [6, 6.07) is 3.98. The molecule has 1 heterocycles. The number of sulfonamides is 1. The summed E-state index contributed by atoms with van der Waals surface area (Å²) < 4.78 is 25.8. The summed E-state index contributed by atoms with van der Waals surface area (Å²) in [5, 5.41) is 18.5. The van der Waals surface area contributed by atoms with E-state index in [1.54, 1.807) is 13.8 Å². The zero-order valence-corrected chi connectivity index (χ0v) is 11.4. The minimum atomic E-state index is -3.75. The molecule has 1 aliphatic heterocycles. The SMILES string of the molecule is Cc1ccc(C(=O)O)cc1S(=O)(=O)N1CC(C)(O)C1. The summed E-state index contributed by atoms with van der Waals surface area (Å²) in [5.74, 6) is -1.17. The molecule has 0 atom stereocenters. The Balaban J connectivity index is 2.41. The molecular weight excluding hydrogens is 270 g/mol. The van der Waals surface area contributed by atoms with Crippen LogP contribution in [0.3, 0.4) is 0 Å². The Labute approximate surface area is 111 Å². The molecule has 0 amide bonds. The quantitative estimate of drug-likeness (QED) is 0.840. The molecule has 7 heteroatoms. The molecule has 0 saturated carbocycles. The molecule has 0 spiro atoms. The number of aromatic carboxylic acids is 1. The highest BCUT2D eigenvalue weighted by Crippen LogP contribution is 2.29. The summed E-state index contributed by atoms with van der Waals surface area (Å²) in [5.41, 5.74) is -0.598. The van der Waals surface area contributed by atoms with Crippen LogP contribution in [-0.4, -0.2) is 47.6 Å². The molecule has 1 aromatic rings. The Morgan fingerprint density at radius 3 is 2.42 bits per heavy atom. The Kier molecular flexibility index (Phi) is 3.16. The minimum absolute atomic E-state index is 0.0199. The van der Waals surface area contributed by atoms with Crippen LogP contribution >= 0.6 is 0 Å². The third-order valence-electron chi connectivity index (χ3n) is 3.09. The maximum atomic E-state index is 12.3. The second-order valence-electron chi connectivity index (χ2n) is 5.06. The van der Waals surface area contributed by atoms with E-state index in [1.807, 2.05) is 0 Å². The lowest BCUT2D eigenvalue weighted by Gasteiger charge is -2.43. The maximum absolute atomic E-state index is 12.3. The number of rotatable bonds is 3. The first-order valence-corrected chi connectivity index (χ1v) is 7.14. The van der Waals surface area contributed by atoms with Crippen molar-refractivity contribution in [1.82, 2.24) is 4.31 Å². The molecule has 0 radical (unpaired) electrons. The largest absolute Gasteiger partial charge is 0.478 e. The standard InChI is InChI=1S/C12H15NO5S/c1-8-3-4-9(11(14)15)5-10(8)19(17,18)13-6-12(2,16)7-13/h3-5,16H,6-7H2,1-2H3,(H,14,15). The summed E-state index contributed by atoms with van der Waals surface area (Å²) >= 11 is 0. The molecule has 1 fully saturated rings. The van der Waals surface area contributed by atoms with Crippen LogP contribution in [0.15, 0.2) is 23.1 Å². The third kappa shape index (κ3) is 2.49. The van der Waals surface area contributed by atoms with Gasteiger partial charge in [-0.3, -0.25) is 0 Å². The van der Waals surface area contributed by atoms with E-state index in [0.717, 1.165) is 10.4 Å². The predicted octanol–water partition coefficient (Wildman–Crippen LogP) is 0.449. The first kappa shape index (κ1) is 14.0. The molecule has 2 N–H and O–H groups in total. The van der Waals surface area contributed by atoms with Crippen LogP contribution in [0, 0.1) is 6.92 Å². The van der Waals surface area contributed by atoms with Gasteiger partial charge in [0.25, 0.3) is 0 Å². The number of carboxylic acid groups (broad SMARTS) is 1. The fraction of sp³-hybridized carbons (Fsp3) is 0.417. The molecule has 19 heavy (non-hydrogen) atoms. The molecule has 1 saturated heterocycles. The van der Waals surface area contributed by atoms with Crippen LogP contribution in [-0.2, 0) is 10.0 Å². The summed E-state index contributed by atoms with van der Waals surface area (Å²) in [6.07, 6.45) is 0. The number of carbonyl (C=O) groups is 1. The van der Waals surface area contributed by atoms with Crippen molar-refractivity contribution < 1.29 is 23.4 Å². The van der Waals surface area contributed by atoms with Gasteiger partial charge in [-0.05, 0) is 31.5 Å². The molecule has 1 aliphatic rings. The van der Waals surface area contributed by atoms with Gasteiger partial charge in [-0.2, -0.15) is 4.31 Å². The van der Waals surface area contributed by atoms with Gasteiger partial charge in [-0.1, -0.05) is 6.07 Å². The topological polar surface area (TPSA) is 94.9 Å². The summed E-state index contributed by atoms with van der Waals surface area (Å²) in [7, 11) is -3.75. The van der Waals surface area contributed by atoms with E-state index in [2.05, 4.69) is 0 Å². The van der Waals surface area contributed by atoms with Crippen LogP contribution in [0.4, 0.5) is 0 Å². The van der Waals surface area contributed by atoms with Crippen molar-refractivity contribution in [1.29, 1.82) is 0 Å². The van der Waals surface area contributed by atoms with E-state index >= 15 is 0 Å². The van der Waals surface area contributed by atoms with Crippen molar-refractivity contribution in [3.8, 4) is 0 Å². The molecule has 2 rings (SSSR count). The number of hydrogen-bond acceptors (Lipinski definition) is 4. The van der Waals surface area contributed by atoms with Crippen LogP contribution in [0.1, 0.15) is 22.8 Å². The van der Waals surface area contributed by atoms with E-state index in [1.165, 1.54) is 12.1 Å². The van der Waals surface area contributed by atoms with Gasteiger partial charge < -0.3 is 10.2 Å². The van der Waals surface area contributed by atoms with Gasteiger partial charge in [0, 0.05) is 13.1 Å². The van der Waals surface area contributed by atoms with Crippen molar-refractivity contribution in [2.24, 2.45) is 0 Å². The van der Waals surface area contributed by atoms with Crippen LogP contribution in [0.25, 0.3) is 0 Å². The number of β-amino-alcohol motifs (C(OH)–C–C–N with tert-alkyl or cyclic N) is 1. The zero-order valence-electron chi connectivity index (χ0n) is 10.6. The highest BCUT2D eigenvalue weighted by molar-refractivity contribution is 7.89. The molecule has 0 aromatic heterocycles. The fourth-order valence-electron chi connectivity index (χ4n) is 2.03. The minimum Gasteiger partial charge on any atom is -0.478 e. The van der Waals surface area contributed by atoms with Gasteiger partial charge in [-0.15, -0.1) is 0 Å². The van der Waals surface area contributed by atoms with Gasteiger partial charge in [0.05, 0.1) is 16.1 Å². The smallest absolute Gasteiger partial charge is 0.335 e. The number of benzene rings is 1. The second kappa shape index (κ2) is 4.29. The lowest BCUT2D eigenvalue weighted by atomic mass is 10.0. The van der Waals surface area contributed by atoms with Crippen LogP contribution in [0.5, 0.6) is 0 Å². The van der Waals surface area contributed by atoms with E-state index in [0.29, 0.717) is 5.56 Å². The van der Waals surface area contributed by atoms with Gasteiger partial charge in [0.2, 0.25) is 10.0 Å². The monoisotopic (exact) mass is 285 g/mol. The van der Waals surface area contributed by atoms with Crippen molar-refractivity contribution in [2.75, 3.05) is 13.1 Å². The molecule has 1 aromatic carbocycles. The maximum Gasteiger partial charge on any atom is 0.335 e. The molecular formula is C12H15NO5S. The number of nitrogens with zero attached hydrogens (tertiary/aromatic N) is 1. The van der Waals surface area contributed by atoms with E-state index in [-0.39, 0.29) is 23.5 Å². The van der Waals surface area contributed by atoms with Crippen molar-refractivity contribution in [3.63, 3.8) is 0 Å². The van der Waals surface area contributed by atoms with Crippen LogP contribution in [0.2, 0.25) is 0 Å². The van der Waals surface area contributed by atoms with Crippen molar-refractivity contribution >= 4 is 16.0 Å². The van der Waals surface area contributed by atoms with Gasteiger partial charge in [0.1, 0.15) is 0 Å². The highest BCUT2D eigenvalue weighted by Gasteiger charge is 2.44. The zero-order chi connectivity index (χ0) is 14.4. The Hall–Kier alpha value is -1.44. The highest BCUT2D eigenvalue weighted by atomic mass is 32.2. The van der Waals surface area contributed by atoms with E-state index < -0.39 is 21.6 Å². The Bertz CT molecular complexity index is 628. The Morgan fingerprint density at radius 1 is 1.37 bits per heavy atom. The third-order valence-corrected chi connectivity index (χ3v) is 5.02. The first-order chi connectivity index (χ1) is 8.63. The van der Waals surface area contributed by atoms with Crippen LogP contribution < -0.4 is 0 Å². The number of carboxylic acids is 1. The average Bonchev–Trinajstić information content (AvgIpc) is 2.25. The number of aliphatic hydroxyl groups is 1. The number of aryl methyl sites for hydroxylation is 1. The Morgan fingerprint density at radius 2 is 1.95 bits per heavy atom.